The van der Waals surface area contributed by atoms with Crippen molar-refractivity contribution < 1.29 is 9.53 Å². The van der Waals surface area contributed by atoms with E-state index in [1.807, 2.05) is 0 Å². The Bertz CT molecular complexity index is 648. The number of ether oxygens (including phenoxy) is 1. The molecule has 20 heavy (non-hydrogen) atoms. The summed E-state index contributed by atoms with van der Waals surface area (Å²) in [7, 11) is 1.58. The lowest BCUT2D eigenvalue weighted by Crippen LogP contribution is -1.94. The highest BCUT2D eigenvalue weighted by molar-refractivity contribution is 6.32. The number of hydrogen-bond donors (Lipinski definition) is 1. The van der Waals surface area contributed by atoms with Crippen molar-refractivity contribution in [3.05, 3.63) is 64.7 Å². The molecule has 0 spiro atoms. The largest absolute Gasteiger partial charge is 0.497 e. The molecule has 2 aromatic rings. The molecule has 0 atom stereocenters. The van der Waals surface area contributed by atoms with E-state index >= 15 is 0 Å². The number of anilines is 1. The van der Waals surface area contributed by atoms with Gasteiger partial charge in [0.05, 0.1) is 12.1 Å². The zero-order chi connectivity index (χ0) is 14.5. The summed E-state index contributed by atoms with van der Waals surface area (Å²) in [6, 6.07) is 12.1. The van der Waals surface area contributed by atoms with Crippen LogP contribution in [-0.2, 0) is 0 Å². The van der Waals surface area contributed by atoms with Crippen LogP contribution in [0.1, 0.15) is 15.9 Å². The monoisotopic (exact) mass is 287 g/mol. The summed E-state index contributed by atoms with van der Waals surface area (Å²) >= 11 is 6.10. The van der Waals surface area contributed by atoms with E-state index < -0.39 is 0 Å². The highest BCUT2D eigenvalue weighted by atomic mass is 35.5. The van der Waals surface area contributed by atoms with E-state index in [4.69, 9.17) is 22.1 Å². The van der Waals surface area contributed by atoms with E-state index in [1.54, 1.807) is 55.7 Å². The van der Waals surface area contributed by atoms with Crippen LogP contribution in [0.15, 0.2) is 48.5 Å². The van der Waals surface area contributed by atoms with Crippen LogP contribution in [0.25, 0.3) is 6.08 Å². The van der Waals surface area contributed by atoms with Crippen LogP contribution in [-0.4, -0.2) is 12.9 Å². The Labute approximate surface area is 122 Å². The van der Waals surface area contributed by atoms with Crippen molar-refractivity contribution in [3.8, 4) is 5.75 Å². The van der Waals surface area contributed by atoms with Crippen LogP contribution < -0.4 is 10.5 Å². The summed E-state index contributed by atoms with van der Waals surface area (Å²) < 4.78 is 5.07. The predicted molar refractivity (Wildman–Crippen MR) is 82.2 cm³/mol. The van der Waals surface area contributed by atoms with Crippen LogP contribution in [0, 0.1) is 0 Å². The number of methoxy groups -OCH3 is 1. The minimum Gasteiger partial charge on any atom is -0.497 e. The van der Waals surface area contributed by atoms with Crippen molar-refractivity contribution in [3.63, 3.8) is 0 Å². The van der Waals surface area contributed by atoms with Gasteiger partial charge in [0.25, 0.3) is 0 Å². The quantitative estimate of drug-likeness (QED) is 0.528. The second-order valence-electron chi connectivity index (χ2n) is 4.21. The highest BCUT2D eigenvalue weighted by Gasteiger charge is 2.03. The van der Waals surface area contributed by atoms with Gasteiger partial charge in [0, 0.05) is 11.3 Å². The lowest BCUT2D eigenvalue weighted by molar-refractivity contribution is 0.104. The highest BCUT2D eigenvalue weighted by Crippen LogP contribution is 2.23. The first-order valence-electron chi connectivity index (χ1n) is 6.01. The van der Waals surface area contributed by atoms with E-state index in [2.05, 4.69) is 0 Å². The Hall–Kier alpha value is -2.26. The molecule has 0 amide bonds. The average molecular weight is 288 g/mol. The number of hydrogen-bond acceptors (Lipinski definition) is 3. The number of carbonyl (C=O) groups excluding carboxylic acids is 1. The third-order valence-electron chi connectivity index (χ3n) is 2.82. The topological polar surface area (TPSA) is 52.3 Å². The van der Waals surface area contributed by atoms with Gasteiger partial charge in [-0.15, -0.1) is 0 Å². The van der Waals surface area contributed by atoms with Gasteiger partial charge in [-0.1, -0.05) is 11.6 Å². The van der Waals surface area contributed by atoms with Crippen LogP contribution >= 0.6 is 11.6 Å². The number of benzene rings is 2. The number of nitrogen functional groups attached to an aromatic ring is 1. The van der Waals surface area contributed by atoms with Crippen molar-refractivity contribution in [1.29, 1.82) is 0 Å². The lowest BCUT2D eigenvalue weighted by atomic mass is 10.1. The van der Waals surface area contributed by atoms with Crippen LogP contribution in [0.2, 0.25) is 5.02 Å². The van der Waals surface area contributed by atoms with Crippen molar-refractivity contribution in [2.45, 2.75) is 0 Å². The van der Waals surface area contributed by atoms with Crippen LogP contribution in [0.4, 0.5) is 5.69 Å². The summed E-state index contributed by atoms with van der Waals surface area (Å²) in [6.45, 7) is 0. The summed E-state index contributed by atoms with van der Waals surface area (Å²) in [4.78, 5) is 12.0. The molecule has 102 valence electrons. The number of allylic oxidation sites excluding steroid dienone is 1. The predicted octanol–water partition coefficient (Wildman–Crippen LogP) is 3.83. The van der Waals surface area contributed by atoms with Gasteiger partial charge in [-0.3, -0.25) is 4.79 Å². The molecule has 2 N–H and O–H groups in total. The van der Waals surface area contributed by atoms with Gasteiger partial charge in [0.1, 0.15) is 5.75 Å². The molecular formula is C16H14ClNO2. The molecule has 0 unspecified atom stereocenters. The Morgan fingerprint density at radius 2 is 1.90 bits per heavy atom. The van der Waals surface area contributed by atoms with Gasteiger partial charge in [0.15, 0.2) is 5.78 Å². The van der Waals surface area contributed by atoms with Gasteiger partial charge in [-0.25, -0.2) is 0 Å². The molecule has 2 aromatic carbocycles. The smallest absolute Gasteiger partial charge is 0.185 e. The first kappa shape index (κ1) is 14.2. The maximum atomic E-state index is 12.0. The lowest BCUT2D eigenvalue weighted by Gasteiger charge is -2.02. The van der Waals surface area contributed by atoms with E-state index in [9.17, 15) is 4.79 Å². The molecule has 0 aromatic heterocycles. The molecule has 0 aliphatic heterocycles. The molecule has 0 aliphatic carbocycles. The number of rotatable bonds is 4. The Kier molecular flexibility index (Phi) is 4.43. The van der Waals surface area contributed by atoms with Crippen molar-refractivity contribution in [1.82, 2.24) is 0 Å². The third-order valence-corrected chi connectivity index (χ3v) is 3.14. The molecule has 4 heteroatoms. The van der Waals surface area contributed by atoms with Crippen molar-refractivity contribution >= 4 is 29.1 Å². The average Bonchev–Trinajstić information content (AvgIpc) is 2.46. The van der Waals surface area contributed by atoms with E-state index in [0.717, 1.165) is 5.56 Å². The molecular weight excluding hydrogens is 274 g/mol. The number of nitrogens with two attached hydrogens (primary N) is 1. The second kappa shape index (κ2) is 6.26. The molecule has 0 bridgehead atoms. The molecule has 0 saturated heterocycles. The summed E-state index contributed by atoms with van der Waals surface area (Å²) in [5, 5.41) is 0.533. The minimum absolute atomic E-state index is 0.100. The zero-order valence-electron chi connectivity index (χ0n) is 11.0. The molecule has 0 radical (unpaired) electrons. The Morgan fingerprint density at radius 3 is 2.50 bits per heavy atom. The molecule has 0 heterocycles. The number of ketones is 1. The van der Waals surface area contributed by atoms with Gasteiger partial charge >= 0.3 is 0 Å². The first-order valence-corrected chi connectivity index (χ1v) is 6.39. The first-order chi connectivity index (χ1) is 9.60. The van der Waals surface area contributed by atoms with Gasteiger partial charge < -0.3 is 10.5 Å². The molecule has 0 saturated carbocycles. The van der Waals surface area contributed by atoms with Crippen molar-refractivity contribution in [2.24, 2.45) is 0 Å². The number of halogens is 1. The third kappa shape index (κ3) is 3.39. The van der Waals surface area contributed by atoms with E-state index in [-0.39, 0.29) is 5.78 Å². The van der Waals surface area contributed by atoms with Gasteiger partial charge in [-0.2, -0.15) is 0 Å². The summed E-state index contributed by atoms with van der Waals surface area (Å²) in [6.07, 6.45) is 3.17. The summed E-state index contributed by atoms with van der Waals surface area (Å²) in [5.74, 6) is 0.578. The molecule has 2 rings (SSSR count). The van der Waals surface area contributed by atoms with Crippen LogP contribution in [0.5, 0.6) is 5.75 Å². The summed E-state index contributed by atoms with van der Waals surface area (Å²) in [5.41, 5.74) is 7.55. The molecule has 0 fully saturated rings. The Morgan fingerprint density at radius 1 is 1.20 bits per heavy atom. The zero-order valence-corrected chi connectivity index (χ0v) is 11.7. The SMILES string of the molecule is COc1ccc(/C=C/C(=O)c2ccc(N)cc2)c(Cl)c1. The molecule has 0 aliphatic rings. The fraction of sp³-hybridized carbons (Fsp3) is 0.0625. The van der Waals surface area contributed by atoms with Crippen molar-refractivity contribution in [2.75, 3.05) is 12.8 Å². The standard InChI is InChI=1S/C16H14ClNO2/c1-20-14-8-4-11(15(17)10-14)5-9-16(19)12-2-6-13(18)7-3-12/h2-10H,18H2,1H3/b9-5+. The Balaban J connectivity index is 2.16. The maximum absolute atomic E-state index is 12.0. The van der Waals surface area contributed by atoms with E-state index in [1.165, 1.54) is 6.08 Å². The van der Waals surface area contributed by atoms with Gasteiger partial charge in [-0.05, 0) is 60.2 Å². The van der Waals surface area contributed by atoms with E-state index in [0.29, 0.717) is 22.0 Å². The minimum atomic E-state index is -0.100. The fourth-order valence-corrected chi connectivity index (χ4v) is 1.91. The maximum Gasteiger partial charge on any atom is 0.185 e. The molecule has 3 nitrogen and oxygen atoms in total. The van der Waals surface area contributed by atoms with Crippen LogP contribution in [0.3, 0.4) is 0 Å². The number of carbonyl (C=O) groups is 1. The normalized spacial score (nSPS) is 10.7. The fourth-order valence-electron chi connectivity index (χ4n) is 1.68. The second-order valence-corrected chi connectivity index (χ2v) is 4.61. The van der Waals surface area contributed by atoms with Gasteiger partial charge in [0.2, 0.25) is 0 Å².